The molecule has 0 bridgehead atoms. The van der Waals surface area contributed by atoms with E-state index in [1.54, 1.807) is 0 Å². The molecule has 3 fully saturated rings. The summed E-state index contributed by atoms with van der Waals surface area (Å²) in [6, 6.07) is 0. The summed E-state index contributed by atoms with van der Waals surface area (Å²) in [5, 5.41) is 17.2. The molecule has 1 atom stereocenters. The van der Waals surface area contributed by atoms with Crippen molar-refractivity contribution >= 4 is 0 Å². The van der Waals surface area contributed by atoms with E-state index >= 15 is 0 Å². The number of hydrogen-bond acceptors (Lipinski definition) is 10. The van der Waals surface area contributed by atoms with Gasteiger partial charge in [-0.05, 0) is 182 Å². The first-order valence-corrected chi connectivity index (χ1v) is 21.2. The first-order chi connectivity index (χ1) is 24.6. The molecule has 1 saturated carbocycles. The van der Waals surface area contributed by atoms with E-state index in [0.29, 0.717) is 0 Å². The molecule has 2 aliphatic heterocycles. The Morgan fingerprint density at radius 3 is 1.24 bits per heavy atom. The minimum absolute atomic E-state index is 0.00993. The molecule has 2 heterocycles. The molecule has 328 valence electrons. The average molecular weight is 778 g/mol. The molecule has 0 aromatic carbocycles. The van der Waals surface area contributed by atoms with Gasteiger partial charge in [-0.1, -0.05) is 12.8 Å². The van der Waals surface area contributed by atoms with Crippen LogP contribution in [0.4, 0.5) is 0 Å². The third kappa shape index (κ3) is 47.8. The van der Waals surface area contributed by atoms with Crippen molar-refractivity contribution in [3.05, 3.63) is 0 Å². The summed E-state index contributed by atoms with van der Waals surface area (Å²) in [4.78, 5) is 7.02. The highest BCUT2D eigenvalue weighted by atomic mass is 16.5. The molecule has 0 amide bonds. The van der Waals surface area contributed by atoms with E-state index in [0.717, 1.165) is 52.0 Å². The second-order valence-corrected chi connectivity index (χ2v) is 20.2. The molecule has 10 nitrogen and oxygen atoms in total. The molecule has 3 aliphatic rings. The maximum atomic E-state index is 8.85. The number of likely N-dealkylation sites (tertiary alicyclic amines) is 2. The zero-order valence-electron chi connectivity index (χ0n) is 39.1. The number of likely N-dealkylation sites (N-methyl/N-ethyl adjacent to an activating group) is 1. The zero-order valence-corrected chi connectivity index (χ0v) is 39.1. The Morgan fingerprint density at radius 2 is 0.926 bits per heavy atom. The molecule has 0 aromatic heterocycles. The monoisotopic (exact) mass is 778 g/mol. The Hall–Kier alpha value is -0.400. The van der Waals surface area contributed by atoms with E-state index in [9.17, 15) is 0 Å². The average Bonchev–Trinajstić information content (AvgIpc) is 3.66. The maximum absolute atomic E-state index is 8.85. The van der Waals surface area contributed by atoms with Gasteiger partial charge in [-0.2, -0.15) is 0 Å². The highest BCUT2D eigenvalue weighted by Gasteiger charge is 2.21. The molecule has 0 radical (unpaired) electrons. The second kappa shape index (κ2) is 28.9. The van der Waals surface area contributed by atoms with Gasteiger partial charge in [0.2, 0.25) is 0 Å². The lowest BCUT2D eigenvalue weighted by Crippen LogP contribution is -2.40. The summed E-state index contributed by atoms with van der Waals surface area (Å²) in [6.45, 7) is 42.7. The number of nitrogens with zero attached hydrogens (tertiary/aromatic N) is 3. The summed E-state index contributed by atoms with van der Waals surface area (Å²) in [6.07, 6.45) is 8.93. The Kier molecular flexibility index (Phi) is 29.8. The smallest absolute Gasteiger partial charge is 0.100 e. The molecule has 2 N–H and O–H groups in total. The fraction of sp³-hybridized carbons (Fsp3) is 1.00. The molecule has 0 aromatic rings. The van der Waals surface area contributed by atoms with Crippen LogP contribution in [0.2, 0.25) is 0 Å². The third-order valence-corrected chi connectivity index (χ3v) is 8.01. The van der Waals surface area contributed by atoms with Crippen LogP contribution in [0, 0.1) is 5.92 Å². The van der Waals surface area contributed by atoms with Crippen LogP contribution in [0.5, 0.6) is 0 Å². The largest absolute Gasteiger partial charge is 0.394 e. The van der Waals surface area contributed by atoms with Crippen molar-refractivity contribution in [2.75, 3.05) is 99.5 Å². The van der Waals surface area contributed by atoms with Crippen molar-refractivity contribution in [2.24, 2.45) is 5.92 Å². The number of ether oxygens (including phenoxy) is 5. The number of aliphatic hydroxyl groups is 2. The molecule has 0 spiro atoms. The molecule has 1 unspecified atom stereocenters. The van der Waals surface area contributed by atoms with Crippen LogP contribution in [0.3, 0.4) is 0 Å². The van der Waals surface area contributed by atoms with Crippen molar-refractivity contribution < 1.29 is 33.9 Å². The predicted molar refractivity (Wildman–Crippen MR) is 229 cm³/mol. The highest BCUT2D eigenvalue weighted by Crippen LogP contribution is 2.33. The molecule has 54 heavy (non-hydrogen) atoms. The topological polar surface area (TPSA) is 96.3 Å². The normalized spacial score (nSPS) is 17.6. The fourth-order valence-corrected chi connectivity index (χ4v) is 4.66. The summed E-state index contributed by atoms with van der Waals surface area (Å²) in [7, 11) is 4.10. The lowest BCUT2D eigenvalue weighted by molar-refractivity contribution is -0.0613. The standard InChI is InChI=1S/C10H21NO.C10H20O.C9H19NO.C8H19NO.C7H16O3/c1-10(2,3)12-9-8-11-6-4-5-7-11;1-10(2,3)11-8-4-5-9-6-7-9;1-9(2,3)11-8-7-10-5-4-6-10;1-8(2,3)10-7-6-9(4)5;1-7(2,3)10-5-6(9)4-8/h4-9H2,1-3H3;9H,4-8H2,1-3H3;4-8H2,1-3H3;6-7H2,1-5H3;6,8-9H,4-5H2,1-3H3. The van der Waals surface area contributed by atoms with E-state index in [2.05, 4.69) is 97.8 Å². The quantitative estimate of drug-likeness (QED) is 0.151. The SMILES string of the molecule is CC(C)(C)OCC(O)CO.CC(C)(C)OCCCC1CC1.CC(C)(C)OCCN1CCC1.CC(C)(C)OCCN1CCCC1.CN(C)CCOC(C)(C)C. The summed E-state index contributed by atoms with van der Waals surface area (Å²) in [5.41, 5.74) is -0.111. The van der Waals surface area contributed by atoms with Gasteiger partial charge < -0.3 is 48.6 Å². The number of rotatable bonds is 16. The molecular formula is C44H95N3O7. The summed E-state index contributed by atoms with van der Waals surface area (Å²) >= 11 is 0. The predicted octanol–water partition coefficient (Wildman–Crippen LogP) is 7.91. The Labute approximate surface area is 336 Å². The molecule has 3 rings (SSSR count). The molecular weight excluding hydrogens is 682 g/mol. The first kappa shape index (κ1) is 55.7. The van der Waals surface area contributed by atoms with Gasteiger partial charge in [0.15, 0.2) is 0 Å². The van der Waals surface area contributed by atoms with Gasteiger partial charge >= 0.3 is 0 Å². The lowest BCUT2D eigenvalue weighted by Gasteiger charge is -2.31. The minimum atomic E-state index is -0.751. The van der Waals surface area contributed by atoms with Gasteiger partial charge in [-0.25, -0.2) is 0 Å². The van der Waals surface area contributed by atoms with E-state index in [1.165, 1.54) is 71.1 Å². The Balaban J connectivity index is 0. The van der Waals surface area contributed by atoms with E-state index in [4.69, 9.17) is 33.9 Å². The van der Waals surface area contributed by atoms with Crippen LogP contribution in [0.1, 0.15) is 149 Å². The Bertz CT molecular complexity index is 841. The lowest BCUT2D eigenvalue weighted by atomic mass is 10.2. The Morgan fingerprint density at radius 1 is 0.556 bits per heavy atom. The third-order valence-electron chi connectivity index (χ3n) is 8.01. The van der Waals surface area contributed by atoms with Gasteiger partial charge in [0.1, 0.15) is 6.10 Å². The molecule has 1 aliphatic carbocycles. The van der Waals surface area contributed by atoms with Gasteiger partial charge in [-0.3, -0.25) is 0 Å². The van der Waals surface area contributed by atoms with Crippen molar-refractivity contribution in [2.45, 2.75) is 183 Å². The van der Waals surface area contributed by atoms with Crippen LogP contribution < -0.4 is 0 Å². The van der Waals surface area contributed by atoms with Gasteiger partial charge in [0.25, 0.3) is 0 Å². The molecule has 10 heteroatoms. The second-order valence-electron chi connectivity index (χ2n) is 20.2. The highest BCUT2D eigenvalue weighted by molar-refractivity contribution is 4.73. The van der Waals surface area contributed by atoms with Crippen molar-refractivity contribution in [1.29, 1.82) is 0 Å². The van der Waals surface area contributed by atoms with Crippen molar-refractivity contribution in [1.82, 2.24) is 14.7 Å². The van der Waals surface area contributed by atoms with Crippen LogP contribution >= 0.6 is 0 Å². The summed E-state index contributed by atoms with van der Waals surface area (Å²) in [5.74, 6) is 1.05. The van der Waals surface area contributed by atoms with E-state index in [-0.39, 0.29) is 41.2 Å². The molecule has 2 saturated heterocycles. The van der Waals surface area contributed by atoms with E-state index in [1.807, 2.05) is 34.9 Å². The van der Waals surface area contributed by atoms with Gasteiger partial charge in [-0.15, -0.1) is 0 Å². The van der Waals surface area contributed by atoms with Crippen LogP contribution in [-0.2, 0) is 23.7 Å². The van der Waals surface area contributed by atoms with Crippen molar-refractivity contribution in [3.63, 3.8) is 0 Å². The minimum Gasteiger partial charge on any atom is -0.394 e. The number of aliphatic hydroxyl groups excluding tert-OH is 2. The number of hydrogen-bond donors (Lipinski definition) is 2. The zero-order chi connectivity index (χ0) is 42.1. The van der Waals surface area contributed by atoms with Crippen LogP contribution in [-0.4, -0.2) is 159 Å². The maximum Gasteiger partial charge on any atom is 0.100 e. The van der Waals surface area contributed by atoms with E-state index < -0.39 is 6.10 Å². The summed E-state index contributed by atoms with van der Waals surface area (Å²) < 4.78 is 27.5. The van der Waals surface area contributed by atoms with Crippen LogP contribution in [0.25, 0.3) is 0 Å². The van der Waals surface area contributed by atoms with Gasteiger partial charge in [0, 0.05) is 26.2 Å². The van der Waals surface area contributed by atoms with Crippen molar-refractivity contribution in [3.8, 4) is 0 Å². The fourth-order valence-electron chi connectivity index (χ4n) is 4.66. The van der Waals surface area contributed by atoms with Gasteiger partial charge in [0.05, 0.1) is 61.0 Å². The van der Waals surface area contributed by atoms with Crippen LogP contribution in [0.15, 0.2) is 0 Å². The first-order valence-electron chi connectivity index (χ1n) is 21.2.